The molecule has 2 aromatic rings. The van der Waals surface area contributed by atoms with E-state index in [1.807, 2.05) is 0 Å². The summed E-state index contributed by atoms with van der Waals surface area (Å²) >= 11 is 11.6. The van der Waals surface area contributed by atoms with E-state index in [4.69, 9.17) is 23.2 Å². The van der Waals surface area contributed by atoms with Gasteiger partial charge in [-0.25, -0.2) is 0 Å². The fourth-order valence-electron chi connectivity index (χ4n) is 1.38. The van der Waals surface area contributed by atoms with Gasteiger partial charge in [-0.1, -0.05) is 29.3 Å². The lowest BCUT2D eigenvalue weighted by atomic mass is 10.2. The van der Waals surface area contributed by atoms with Gasteiger partial charge in [-0.2, -0.15) is 0 Å². The van der Waals surface area contributed by atoms with Gasteiger partial charge in [0.25, 0.3) is 5.91 Å². The molecule has 3 nitrogen and oxygen atoms in total. The molecule has 0 aliphatic rings. The van der Waals surface area contributed by atoms with Crippen LogP contribution in [0.3, 0.4) is 0 Å². The maximum Gasteiger partial charge on any atom is 0.259 e. The molecule has 2 aromatic carbocycles. The van der Waals surface area contributed by atoms with Crippen LogP contribution in [0.4, 0.5) is 5.69 Å². The molecule has 1 radical (unpaired) electrons. The summed E-state index contributed by atoms with van der Waals surface area (Å²) in [6.07, 6.45) is 0. The molecular formula is C13H8Cl2NO2. The highest BCUT2D eigenvalue weighted by molar-refractivity contribution is 6.42. The van der Waals surface area contributed by atoms with Crippen LogP contribution in [0.2, 0.25) is 10.0 Å². The number of carbonyl (C=O) groups is 1. The first-order valence-corrected chi connectivity index (χ1v) is 5.79. The van der Waals surface area contributed by atoms with Gasteiger partial charge in [0.1, 0.15) is 5.75 Å². The number of aromatic hydroxyl groups is 1. The number of hydrogen-bond donors (Lipinski definition) is 2. The summed E-state index contributed by atoms with van der Waals surface area (Å²) in [4.78, 5) is 11.9. The number of halogens is 2. The summed E-state index contributed by atoms with van der Waals surface area (Å²) in [6, 6.07) is 11.8. The summed E-state index contributed by atoms with van der Waals surface area (Å²) in [5, 5.41) is 12.9. The highest BCUT2D eigenvalue weighted by Crippen LogP contribution is 2.25. The number of amides is 1. The smallest absolute Gasteiger partial charge is 0.259 e. The fraction of sp³-hybridized carbons (Fsp3) is 0. The van der Waals surface area contributed by atoms with Crippen LogP contribution in [0, 0.1) is 6.07 Å². The van der Waals surface area contributed by atoms with Gasteiger partial charge in [-0.15, -0.1) is 0 Å². The predicted octanol–water partition coefficient (Wildman–Crippen LogP) is 3.75. The maximum absolute atomic E-state index is 11.9. The third kappa shape index (κ3) is 2.75. The van der Waals surface area contributed by atoms with E-state index >= 15 is 0 Å². The lowest BCUT2D eigenvalue weighted by Crippen LogP contribution is -2.11. The van der Waals surface area contributed by atoms with Crippen LogP contribution in [-0.4, -0.2) is 11.0 Å². The van der Waals surface area contributed by atoms with Gasteiger partial charge in [0.05, 0.1) is 15.6 Å². The van der Waals surface area contributed by atoms with Crippen LogP contribution in [0.5, 0.6) is 5.75 Å². The standard InChI is InChI=1S/C13H8Cl2NO2/c14-10-6-5-8(7-11(10)15)16-13(18)9-3-1-2-4-12(9)17/h2-7,17H,(H,16,18). The van der Waals surface area contributed by atoms with Crippen molar-refractivity contribution in [1.82, 2.24) is 0 Å². The summed E-state index contributed by atoms with van der Waals surface area (Å²) in [5.41, 5.74) is 0.640. The number of benzene rings is 2. The van der Waals surface area contributed by atoms with Crippen molar-refractivity contribution in [3.63, 3.8) is 0 Å². The number of anilines is 1. The zero-order chi connectivity index (χ0) is 13.1. The largest absolute Gasteiger partial charge is 0.507 e. The van der Waals surface area contributed by atoms with Gasteiger partial charge < -0.3 is 10.4 Å². The molecule has 0 fully saturated rings. The van der Waals surface area contributed by atoms with Crippen LogP contribution >= 0.6 is 23.2 Å². The minimum Gasteiger partial charge on any atom is -0.507 e. The Balaban J connectivity index is 2.22. The van der Waals surface area contributed by atoms with Crippen LogP contribution in [0.15, 0.2) is 36.4 Å². The van der Waals surface area contributed by atoms with Crippen LogP contribution in [-0.2, 0) is 0 Å². The van der Waals surface area contributed by atoms with Gasteiger partial charge in [0, 0.05) is 5.69 Å². The molecule has 0 aromatic heterocycles. The molecule has 0 spiro atoms. The first-order chi connectivity index (χ1) is 8.58. The SMILES string of the molecule is O=C(Nc1ccc(Cl)c(Cl)c1)c1c[c]ccc1O. The predicted molar refractivity (Wildman–Crippen MR) is 71.4 cm³/mol. The third-order valence-corrected chi connectivity index (χ3v) is 3.00. The Morgan fingerprint density at radius 3 is 2.67 bits per heavy atom. The van der Waals surface area contributed by atoms with Crippen LogP contribution in [0.1, 0.15) is 10.4 Å². The van der Waals surface area contributed by atoms with E-state index < -0.39 is 5.91 Å². The number of rotatable bonds is 2. The summed E-state index contributed by atoms with van der Waals surface area (Å²) < 4.78 is 0. The molecule has 5 heteroatoms. The Kier molecular flexibility index (Phi) is 3.75. The minimum atomic E-state index is -0.442. The number of carbonyl (C=O) groups excluding carboxylic acids is 1. The first-order valence-electron chi connectivity index (χ1n) is 5.03. The molecule has 91 valence electrons. The van der Waals surface area contributed by atoms with E-state index in [2.05, 4.69) is 11.4 Å². The van der Waals surface area contributed by atoms with E-state index in [-0.39, 0.29) is 11.3 Å². The summed E-state index contributed by atoms with van der Waals surface area (Å²) in [7, 11) is 0. The second-order valence-electron chi connectivity index (χ2n) is 3.53. The zero-order valence-electron chi connectivity index (χ0n) is 9.08. The number of hydrogen-bond acceptors (Lipinski definition) is 2. The van der Waals surface area contributed by atoms with E-state index in [9.17, 15) is 9.90 Å². The molecule has 0 unspecified atom stereocenters. The maximum atomic E-state index is 11.9. The van der Waals surface area contributed by atoms with Crippen molar-refractivity contribution in [2.75, 3.05) is 5.32 Å². The molecule has 0 aliphatic carbocycles. The van der Waals surface area contributed by atoms with Crippen molar-refractivity contribution in [1.29, 1.82) is 0 Å². The molecule has 0 saturated heterocycles. The summed E-state index contributed by atoms with van der Waals surface area (Å²) in [6.45, 7) is 0. The molecule has 2 N–H and O–H groups in total. The van der Waals surface area contributed by atoms with Crippen LogP contribution < -0.4 is 5.32 Å². The molecule has 0 atom stereocenters. The fourth-order valence-corrected chi connectivity index (χ4v) is 1.67. The Morgan fingerprint density at radius 1 is 1.22 bits per heavy atom. The Hall–Kier alpha value is -1.71. The van der Waals surface area contributed by atoms with Crippen molar-refractivity contribution in [2.45, 2.75) is 0 Å². The third-order valence-electron chi connectivity index (χ3n) is 2.26. The Labute approximate surface area is 114 Å². The number of phenols is 1. The van der Waals surface area contributed by atoms with E-state index in [0.717, 1.165) is 0 Å². The van der Waals surface area contributed by atoms with E-state index in [0.29, 0.717) is 15.7 Å². The molecule has 0 aliphatic heterocycles. The van der Waals surface area contributed by atoms with Gasteiger partial charge in [-0.3, -0.25) is 4.79 Å². The van der Waals surface area contributed by atoms with Gasteiger partial charge in [-0.05, 0) is 36.4 Å². The highest BCUT2D eigenvalue weighted by atomic mass is 35.5. The molecule has 0 heterocycles. The van der Waals surface area contributed by atoms with Crippen molar-refractivity contribution in [2.24, 2.45) is 0 Å². The van der Waals surface area contributed by atoms with Crippen molar-refractivity contribution < 1.29 is 9.90 Å². The second kappa shape index (κ2) is 5.29. The Bertz CT molecular complexity index is 599. The second-order valence-corrected chi connectivity index (χ2v) is 4.34. The topological polar surface area (TPSA) is 49.3 Å². The minimum absolute atomic E-state index is 0.105. The van der Waals surface area contributed by atoms with Gasteiger partial charge in [0.15, 0.2) is 0 Å². The van der Waals surface area contributed by atoms with Crippen molar-refractivity contribution >= 4 is 34.8 Å². The monoisotopic (exact) mass is 280 g/mol. The molecule has 0 saturated carbocycles. The van der Waals surface area contributed by atoms with E-state index in [1.54, 1.807) is 12.1 Å². The average molecular weight is 281 g/mol. The lowest BCUT2D eigenvalue weighted by molar-refractivity contribution is 0.102. The quantitative estimate of drug-likeness (QED) is 0.880. The number of nitrogens with one attached hydrogen (secondary N) is 1. The number of phenolic OH excluding ortho intramolecular Hbond substituents is 1. The molecular weight excluding hydrogens is 273 g/mol. The Morgan fingerprint density at radius 2 is 2.00 bits per heavy atom. The molecule has 18 heavy (non-hydrogen) atoms. The molecule has 2 rings (SSSR count). The average Bonchev–Trinajstić information content (AvgIpc) is 2.34. The summed E-state index contributed by atoms with van der Waals surface area (Å²) in [5.74, 6) is -0.547. The highest BCUT2D eigenvalue weighted by Gasteiger charge is 2.11. The molecule has 1 amide bonds. The molecule has 0 bridgehead atoms. The van der Waals surface area contributed by atoms with E-state index in [1.165, 1.54) is 24.3 Å². The lowest BCUT2D eigenvalue weighted by Gasteiger charge is -2.07. The van der Waals surface area contributed by atoms with Crippen molar-refractivity contribution in [3.05, 3.63) is 58.1 Å². The van der Waals surface area contributed by atoms with Crippen LogP contribution in [0.25, 0.3) is 0 Å². The van der Waals surface area contributed by atoms with Gasteiger partial charge in [0.2, 0.25) is 0 Å². The van der Waals surface area contributed by atoms with Crippen molar-refractivity contribution in [3.8, 4) is 5.75 Å². The zero-order valence-corrected chi connectivity index (χ0v) is 10.6. The normalized spacial score (nSPS) is 10.1. The van der Waals surface area contributed by atoms with Gasteiger partial charge >= 0.3 is 0 Å². The first kappa shape index (κ1) is 12.7.